The highest BCUT2D eigenvalue weighted by molar-refractivity contribution is 6.33. The Labute approximate surface area is 124 Å². The first-order valence-corrected chi connectivity index (χ1v) is 6.81. The van der Waals surface area contributed by atoms with E-state index in [1.165, 1.54) is 7.11 Å². The third-order valence-corrected chi connectivity index (χ3v) is 3.92. The zero-order chi connectivity index (χ0) is 15.2. The summed E-state index contributed by atoms with van der Waals surface area (Å²) in [5.74, 6) is 1.04. The van der Waals surface area contributed by atoms with Crippen LogP contribution in [-0.2, 0) is 6.54 Å². The van der Waals surface area contributed by atoms with Gasteiger partial charge < -0.3 is 25.0 Å². The molecule has 0 saturated carbocycles. The number of rotatable bonds is 8. The molecule has 114 valence electrons. The molecule has 0 aliphatic rings. The van der Waals surface area contributed by atoms with Crippen molar-refractivity contribution in [2.45, 2.75) is 25.4 Å². The second kappa shape index (κ2) is 7.69. The molecule has 0 saturated heterocycles. The van der Waals surface area contributed by atoms with Crippen LogP contribution in [0.2, 0.25) is 5.02 Å². The van der Waals surface area contributed by atoms with Crippen LogP contribution in [0.25, 0.3) is 0 Å². The molecule has 0 spiro atoms. The van der Waals surface area contributed by atoms with Crippen LogP contribution < -0.4 is 14.8 Å². The summed E-state index contributed by atoms with van der Waals surface area (Å²) < 4.78 is 10.4. The van der Waals surface area contributed by atoms with Gasteiger partial charge in [0.1, 0.15) is 0 Å². The highest BCUT2D eigenvalue weighted by Crippen LogP contribution is 2.37. The summed E-state index contributed by atoms with van der Waals surface area (Å²) in [7, 11) is 3.07. The lowest BCUT2D eigenvalue weighted by atomic mass is 9.98. The molecule has 0 bridgehead atoms. The number of methoxy groups -OCH3 is 2. The second-order valence-corrected chi connectivity index (χ2v) is 4.96. The maximum atomic E-state index is 9.41. The summed E-state index contributed by atoms with van der Waals surface area (Å²) in [4.78, 5) is 0. The first-order chi connectivity index (χ1) is 9.57. The smallest absolute Gasteiger partial charge is 0.179 e. The summed E-state index contributed by atoms with van der Waals surface area (Å²) in [6.45, 7) is 2.01. The van der Waals surface area contributed by atoms with Gasteiger partial charge in [-0.2, -0.15) is 0 Å². The zero-order valence-corrected chi connectivity index (χ0v) is 12.8. The second-order valence-electron chi connectivity index (χ2n) is 4.58. The van der Waals surface area contributed by atoms with E-state index in [4.69, 9.17) is 21.1 Å². The van der Waals surface area contributed by atoms with Gasteiger partial charge in [0.25, 0.3) is 0 Å². The molecule has 0 heterocycles. The molecule has 0 atom stereocenters. The first kappa shape index (κ1) is 17.0. The van der Waals surface area contributed by atoms with E-state index in [2.05, 4.69) is 5.32 Å². The van der Waals surface area contributed by atoms with Crippen LogP contribution in [0.4, 0.5) is 0 Å². The Balaban J connectivity index is 2.94. The molecule has 1 aromatic carbocycles. The SMILES string of the molecule is CCC(CO)(CO)NCc1ccc(OC)c(OC)c1Cl. The number of halogens is 1. The highest BCUT2D eigenvalue weighted by Gasteiger charge is 2.26. The molecule has 0 fully saturated rings. The van der Waals surface area contributed by atoms with Gasteiger partial charge in [-0.05, 0) is 18.1 Å². The lowest BCUT2D eigenvalue weighted by Crippen LogP contribution is -2.50. The number of aliphatic hydroxyl groups is 2. The van der Waals surface area contributed by atoms with Crippen LogP contribution >= 0.6 is 11.6 Å². The predicted molar refractivity (Wildman–Crippen MR) is 78.6 cm³/mol. The van der Waals surface area contributed by atoms with Gasteiger partial charge in [0.15, 0.2) is 11.5 Å². The molecule has 0 aliphatic carbocycles. The molecule has 20 heavy (non-hydrogen) atoms. The van der Waals surface area contributed by atoms with Crippen LogP contribution in [0.3, 0.4) is 0 Å². The Bertz CT molecular complexity index is 427. The number of nitrogens with one attached hydrogen (secondary N) is 1. The van der Waals surface area contributed by atoms with E-state index in [1.807, 2.05) is 13.0 Å². The van der Waals surface area contributed by atoms with Gasteiger partial charge >= 0.3 is 0 Å². The van der Waals surface area contributed by atoms with Crippen molar-refractivity contribution in [3.63, 3.8) is 0 Å². The van der Waals surface area contributed by atoms with Crippen molar-refractivity contribution in [3.8, 4) is 11.5 Å². The summed E-state index contributed by atoms with van der Waals surface area (Å²) >= 11 is 6.28. The van der Waals surface area contributed by atoms with Crippen LogP contribution in [0.15, 0.2) is 12.1 Å². The largest absolute Gasteiger partial charge is 0.493 e. The fraction of sp³-hybridized carbons (Fsp3) is 0.571. The van der Waals surface area contributed by atoms with Crippen molar-refractivity contribution in [2.24, 2.45) is 0 Å². The van der Waals surface area contributed by atoms with E-state index >= 15 is 0 Å². The van der Waals surface area contributed by atoms with E-state index in [9.17, 15) is 10.2 Å². The summed E-state index contributed by atoms with van der Waals surface area (Å²) in [6.07, 6.45) is 0.602. The lowest BCUT2D eigenvalue weighted by Gasteiger charge is -2.30. The van der Waals surface area contributed by atoms with Gasteiger partial charge in [0.2, 0.25) is 0 Å². The molecular weight excluding hydrogens is 282 g/mol. The third-order valence-electron chi connectivity index (χ3n) is 3.50. The maximum Gasteiger partial charge on any atom is 0.179 e. The Hall–Kier alpha value is -1.01. The monoisotopic (exact) mass is 303 g/mol. The summed E-state index contributed by atoms with van der Waals surface area (Å²) in [6, 6.07) is 3.60. The first-order valence-electron chi connectivity index (χ1n) is 6.43. The lowest BCUT2D eigenvalue weighted by molar-refractivity contribution is 0.0864. The van der Waals surface area contributed by atoms with Crippen molar-refractivity contribution in [1.29, 1.82) is 0 Å². The quantitative estimate of drug-likeness (QED) is 0.680. The van der Waals surface area contributed by atoms with Crippen LogP contribution in [0.1, 0.15) is 18.9 Å². The van der Waals surface area contributed by atoms with Crippen LogP contribution in [0, 0.1) is 0 Å². The van der Waals surface area contributed by atoms with Gasteiger partial charge in [0, 0.05) is 6.54 Å². The molecule has 0 amide bonds. The molecule has 6 heteroatoms. The minimum Gasteiger partial charge on any atom is -0.493 e. The fourth-order valence-electron chi connectivity index (χ4n) is 1.86. The molecular formula is C14H22ClNO4. The van der Waals surface area contributed by atoms with Crippen molar-refractivity contribution < 1.29 is 19.7 Å². The molecule has 1 aromatic rings. The van der Waals surface area contributed by atoms with Gasteiger partial charge in [-0.15, -0.1) is 0 Å². The average Bonchev–Trinajstić information content (AvgIpc) is 2.50. The number of benzene rings is 1. The van der Waals surface area contributed by atoms with Crippen LogP contribution in [-0.4, -0.2) is 43.2 Å². The van der Waals surface area contributed by atoms with Gasteiger partial charge in [0.05, 0.1) is 38.0 Å². The standard InChI is InChI=1S/C14H22ClNO4/c1-4-14(8-17,9-18)16-7-10-5-6-11(19-2)13(20-3)12(10)15/h5-6,16-18H,4,7-9H2,1-3H3. The van der Waals surface area contributed by atoms with E-state index < -0.39 is 5.54 Å². The Morgan fingerprint density at radius 3 is 2.30 bits per heavy atom. The third kappa shape index (κ3) is 3.55. The molecule has 5 nitrogen and oxygen atoms in total. The minimum absolute atomic E-state index is 0.148. The van der Waals surface area contributed by atoms with Crippen molar-refractivity contribution in [1.82, 2.24) is 5.32 Å². The van der Waals surface area contributed by atoms with Gasteiger partial charge in [-0.25, -0.2) is 0 Å². The van der Waals surface area contributed by atoms with Crippen molar-refractivity contribution >= 4 is 11.6 Å². The molecule has 0 unspecified atom stereocenters. The summed E-state index contributed by atoms with van der Waals surface area (Å²) in [5.41, 5.74) is 0.0975. The normalized spacial score (nSPS) is 11.5. The molecule has 0 radical (unpaired) electrons. The number of aliphatic hydroxyl groups excluding tert-OH is 2. The minimum atomic E-state index is -0.712. The Morgan fingerprint density at radius 2 is 1.85 bits per heavy atom. The predicted octanol–water partition coefficient (Wildman–Crippen LogP) is 1.58. The Morgan fingerprint density at radius 1 is 1.20 bits per heavy atom. The number of ether oxygens (including phenoxy) is 2. The molecule has 0 aliphatic heterocycles. The van der Waals surface area contributed by atoms with Crippen LogP contribution in [0.5, 0.6) is 11.5 Å². The van der Waals surface area contributed by atoms with Crippen molar-refractivity contribution in [2.75, 3.05) is 27.4 Å². The number of hydrogen-bond donors (Lipinski definition) is 3. The average molecular weight is 304 g/mol. The van der Waals surface area contributed by atoms with E-state index in [1.54, 1.807) is 13.2 Å². The summed E-state index contributed by atoms with van der Waals surface area (Å²) in [5, 5.41) is 22.4. The van der Waals surface area contributed by atoms with E-state index in [0.29, 0.717) is 29.5 Å². The van der Waals surface area contributed by atoms with E-state index in [0.717, 1.165) is 5.56 Å². The number of hydrogen-bond acceptors (Lipinski definition) is 5. The Kier molecular flexibility index (Phi) is 6.55. The topological polar surface area (TPSA) is 71.0 Å². The zero-order valence-electron chi connectivity index (χ0n) is 12.1. The van der Waals surface area contributed by atoms with Gasteiger partial charge in [-0.3, -0.25) is 0 Å². The molecule has 3 N–H and O–H groups in total. The molecule has 0 aromatic heterocycles. The van der Waals surface area contributed by atoms with E-state index in [-0.39, 0.29) is 13.2 Å². The van der Waals surface area contributed by atoms with Gasteiger partial charge in [-0.1, -0.05) is 24.6 Å². The maximum absolute atomic E-state index is 9.41. The highest BCUT2D eigenvalue weighted by atomic mass is 35.5. The van der Waals surface area contributed by atoms with Crippen molar-refractivity contribution in [3.05, 3.63) is 22.7 Å². The molecule has 1 rings (SSSR count). The fourth-order valence-corrected chi connectivity index (χ4v) is 2.16.